The number of phenols is 1. The molecule has 0 aromatic heterocycles. The number of likely N-dealkylation sites (tertiary alicyclic amines) is 1. The van der Waals surface area contributed by atoms with Crippen LogP contribution in [0.5, 0.6) is 11.5 Å². The van der Waals surface area contributed by atoms with E-state index in [-0.39, 0.29) is 47.2 Å². The van der Waals surface area contributed by atoms with E-state index in [4.69, 9.17) is 9.47 Å². The zero-order chi connectivity index (χ0) is 22.7. The Morgan fingerprint density at radius 2 is 2.09 bits per heavy atom. The summed E-state index contributed by atoms with van der Waals surface area (Å²) in [4.78, 5) is 2.53. The minimum Gasteiger partial charge on any atom is -0.504 e. The third kappa shape index (κ3) is 2.20. The second-order valence-electron chi connectivity index (χ2n) is 11.9. The first-order chi connectivity index (χ1) is 15.1. The van der Waals surface area contributed by atoms with Gasteiger partial charge in [-0.3, -0.25) is 9.29 Å². The molecule has 3 saturated carbocycles. The molecule has 1 aromatic rings. The molecule has 2 spiro atoms. The Balaban J connectivity index is 1.60. The molecule has 1 saturated heterocycles. The van der Waals surface area contributed by atoms with Gasteiger partial charge in [0.1, 0.15) is 11.7 Å². The summed E-state index contributed by atoms with van der Waals surface area (Å²) in [5.74, 6) is 0.773. The van der Waals surface area contributed by atoms with E-state index in [0.717, 1.165) is 45.2 Å². The maximum atomic E-state index is 13.5. The average molecular weight is 446 g/mol. The van der Waals surface area contributed by atoms with Crippen molar-refractivity contribution in [3.63, 3.8) is 0 Å². The number of benzene rings is 1. The standard InChI is InChI=1S/C26H36FNO4/c1-15(13-27)14-28-10-9-25-20-16-5-6-17(29)21(20)32-22(25)26(31-4)8-7-24(25,19(28)11-16)12-18(26)23(2,3)30/h5-6,15,18-19,22,29-30H,7-14H2,1-4H3/t15-,18-,19-,22-,24-,25+,26-/m1/s1. The second-order valence-corrected chi connectivity index (χ2v) is 11.9. The Hall–Kier alpha value is -1.37. The van der Waals surface area contributed by atoms with Gasteiger partial charge in [0, 0.05) is 42.0 Å². The number of hydrogen-bond donors (Lipinski definition) is 2. The Morgan fingerprint density at radius 3 is 2.78 bits per heavy atom. The van der Waals surface area contributed by atoms with Crippen molar-refractivity contribution in [2.75, 3.05) is 26.9 Å². The lowest BCUT2D eigenvalue weighted by Crippen LogP contribution is -2.82. The minimum atomic E-state index is -0.920. The molecular weight excluding hydrogens is 409 g/mol. The van der Waals surface area contributed by atoms with E-state index >= 15 is 0 Å². The van der Waals surface area contributed by atoms with Crippen molar-refractivity contribution >= 4 is 0 Å². The minimum absolute atomic E-state index is 0.00294. The number of nitrogens with zero attached hydrogens (tertiary/aromatic N) is 1. The van der Waals surface area contributed by atoms with Crippen molar-refractivity contribution in [2.24, 2.45) is 17.3 Å². The first-order valence-electron chi connectivity index (χ1n) is 12.2. The fourth-order valence-electron chi connectivity index (χ4n) is 9.05. The number of aliphatic hydroxyl groups is 1. The lowest BCUT2D eigenvalue weighted by Gasteiger charge is -2.75. The number of rotatable bonds is 5. The van der Waals surface area contributed by atoms with Gasteiger partial charge in [0.25, 0.3) is 0 Å². The van der Waals surface area contributed by atoms with Crippen LogP contribution in [0.15, 0.2) is 12.1 Å². The first-order valence-corrected chi connectivity index (χ1v) is 12.2. The molecule has 0 radical (unpaired) electrons. The molecule has 6 aliphatic rings. The highest BCUT2D eigenvalue weighted by atomic mass is 19.1. The number of aromatic hydroxyl groups is 1. The number of piperidine rings is 1. The van der Waals surface area contributed by atoms with E-state index in [1.54, 1.807) is 13.2 Å². The van der Waals surface area contributed by atoms with Gasteiger partial charge in [-0.1, -0.05) is 13.0 Å². The van der Waals surface area contributed by atoms with Gasteiger partial charge in [0.15, 0.2) is 11.5 Å². The van der Waals surface area contributed by atoms with Crippen LogP contribution in [0.2, 0.25) is 0 Å². The van der Waals surface area contributed by atoms with Crippen molar-refractivity contribution in [1.29, 1.82) is 0 Å². The van der Waals surface area contributed by atoms with E-state index in [1.807, 2.05) is 20.8 Å². The summed E-state index contributed by atoms with van der Waals surface area (Å²) < 4.78 is 26.6. The summed E-state index contributed by atoms with van der Waals surface area (Å²) in [6.07, 6.45) is 4.27. The molecular formula is C26H36FNO4. The van der Waals surface area contributed by atoms with Gasteiger partial charge < -0.3 is 19.7 Å². The summed E-state index contributed by atoms with van der Waals surface area (Å²) in [5.41, 5.74) is 0.628. The Labute approximate surface area is 189 Å². The van der Waals surface area contributed by atoms with Gasteiger partial charge in [0.2, 0.25) is 0 Å². The van der Waals surface area contributed by atoms with E-state index in [2.05, 4.69) is 11.0 Å². The molecule has 176 valence electrons. The van der Waals surface area contributed by atoms with Crippen LogP contribution in [-0.4, -0.2) is 65.3 Å². The van der Waals surface area contributed by atoms with E-state index < -0.39 is 11.2 Å². The van der Waals surface area contributed by atoms with Crippen molar-refractivity contribution < 1.29 is 24.1 Å². The molecule has 7 rings (SSSR count). The largest absolute Gasteiger partial charge is 0.504 e. The molecule has 5 nitrogen and oxygen atoms in total. The van der Waals surface area contributed by atoms with Crippen LogP contribution in [0.3, 0.4) is 0 Å². The topological polar surface area (TPSA) is 62.2 Å². The second kappa shape index (κ2) is 6.39. The van der Waals surface area contributed by atoms with Gasteiger partial charge in [0.05, 0.1) is 12.3 Å². The summed E-state index contributed by atoms with van der Waals surface area (Å²) in [6.45, 7) is 7.14. The van der Waals surface area contributed by atoms with Crippen LogP contribution in [0.1, 0.15) is 57.6 Å². The lowest BCUT2D eigenvalue weighted by molar-refractivity contribution is -0.300. The van der Waals surface area contributed by atoms with Crippen LogP contribution >= 0.6 is 0 Å². The quantitative estimate of drug-likeness (QED) is 0.726. The molecule has 7 atom stereocenters. The van der Waals surface area contributed by atoms with E-state index in [1.165, 1.54) is 11.1 Å². The number of halogens is 1. The Bertz CT molecular complexity index is 962. The Kier molecular flexibility index (Phi) is 4.23. The SMILES string of the molecule is CO[C@]12CC[C@@]3(C[C@@H]1C(C)(C)O)[C@H]1Cc4ccc(O)c5c4[C@@]3(CCN1C[C@H](C)CF)[C@H]2O5. The predicted molar refractivity (Wildman–Crippen MR) is 119 cm³/mol. The van der Waals surface area contributed by atoms with E-state index in [9.17, 15) is 14.6 Å². The summed E-state index contributed by atoms with van der Waals surface area (Å²) in [7, 11) is 1.76. The molecule has 0 unspecified atom stereocenters. The molecule has 0 amide bonds. The fourth-order valence-corrected chi connectivity index (χ4v) is 9.05. The van der Waals surface area contributed by atoms with Crippen LogP contribution < -0.4 is 4.74 Å². The lowest BCUT2D eigenvalue weighted by atomic mass is 9.34. The smallest absolute Gasteiger partial charge is 0.165 e. The third-order valence-electron chi connectivity index (χ3n) is 10.1. The van der Waals surface area contributed by atoms with Crippen LogP contribution in [-0.2, 0) is 16.6 Å². The van der Waals surface area contributed by atoms with Crippen molar-refractivity contribution in [3.05, 3.63) is 23.3 Å². The zero-order valence-corrected chi connectivity index (χ0v) is 19.7. The summed E-state index contributed by atoms with van der Waals surface area (Å²) >= 11 is 0. The number of hydrogen-bond acceptors (Lipinski definition) is 5. The van der Waals surface area contributed by atoms with E-state index in [0.29, 0.717) is 5.75 Å². The normalized spacial score (nSPS) is 42.5. The molecule has 2 N–H and O–H groups in total. The maximum Gasteiger partial charge on any atom is 0.165 e. The average Bonchev–Trinajstić information content (AvgIpc) is 3.13. The monoisotopic (exact) mass is 445 g/mol. The van der Waals surface area contributed by atoms with Crippen LogP contribution in [0.4, 0.5) is 4.39 Å². The highest BCUT2D eigenvalue weighted by Crippen LogP contribution is 2.77. The van der Waals surface area contributed by atoms with Crippen molar-refractivity contribution in [2.45, 2.75) is 81.6 Å². The highest BCUT2D eigenvalue weighted by Gasteiger charge is 2.81. The molecule has 6 heteroatoms. The van der Waals surface area contributed by atoms with Gasteiger partial charge in [-0.05, 0) is 70.0 Å². The molecule has 32 heavy (non-hydrogen) atoms. The Morgan fingerprint density at radius 1 is 1.31 bits per heavy atom. The number of fused-ring (bicyclic) bond motifs is 2. The fraction of sp³-hybridized carbons (Fsp3) is 0.769. The zero-order valence-electron chi connectivity index (χ0n) is 19.7. The molecule has 4 fully saturated rings. The van der Waals surface area contributed by atoms with Gasteiger partial charge >= 0.3 is 0 Å². The van der Waals surface area contributed by atoms with Crippen molar-refractivity contribution in [3.8, 4) is 11.5 Å². The molecule has 4 bridgehead atoms. The van der Waals surface area contributed by atoms with Crippen molar-refractivity contribution in [1.82, 2.24) is 4.90 Å². The highest BCUT2D eigenvalue weighted by molar-refractivity contribution is 5.63. The number of methoxy groups -OCH3 is 1. The van der Waals surface area contributed by atoms with Crippen LogP contribution in [0, 0.1) is 17.3 Å². The molecule has 2 heterocycles. The molecule has 4 aliphatic carbocycles. The van der Waals surface area contributed by atoms with Gasteiger partial charge in [-0.15, -0.1) is 0 Å². The third-order valence-corrected chi connectivity index (χ3v) is 10.1. The number of phenolic OH excluding ortho intramolecular Hbond substituents is 1. The summed E-state index contributed by atoms with van der Waals surface area (Å²) in [6, 6.07) is 4.11. The first kappa shape index (κ1) is 21.2. The van der Waals surface area contributed by atoms with Crippen LogP contribution in [0.25, 0.3) is 0 Å². The summed E-state index contributed by atoms with van der Waals surface area (Å²) in [5, 5.41) is 22.2. The number of ether oxygens (including phenoxy) is 2. The predicted octanol–water partition coefficient (Wildman–Crippen LogP) is 3.58. The van der Waals surface area contributed by atoms with Gasteiger partial charge in [-0.25, -0.2) is 0 Å². The molecule has 2 aliphatic heterocycles. The maximum absolute atomic E-state index is 13.5. The number of alkyl halides is 1. The molecule has 1 aromatic carbocycles. The van der Waals surface area contributed by atoms with Gasteiger partial charge in [-0.2, -0.15) is 0 Å².